The first-order chi connectivity index (χ1) is 10.6. The number of para-hydroxylation sites is 2. The smallest absolute Gasteiger partial charge is 0.242 e. The Bertz CT molecular complexity index is 537. The van der Waals surface area contributed by atoms with Crippen LogP contribution in [0.4, 0.5) is 0 Å². The topological polar surface area (TPSA) is 60.0 Å². The lowest BCUT2D eigenvalue weighted by atomic mass is 10.1. The van der Waals surface area contributed by atoms with Crippen LogP contribution < -0.4 is 14.8 Å². The Kier molecular flexibility index (Phi) is 4.49. The normalized spacial score (nSPS) is 27.3. The third kappa shape index (κ3) is 3.18. The molecule has 0 aliphatic carbocycles. The standard InChI is InChI=1S/C16H22N2O4/c1-11-15(17-7-8-20-11)16(19)18(2)9-12-10-21-13-5-3-4-6-14(13)22-12/h3-6,11-12,15,17H,7-10H2,1-2H3/t11-,12?,15+/m1/s1. The first kappa shape index (κ1) is 15.1. The summed E-state index contributed by atoms with van der Waals surface area (Å²) in [4.78, 5) is 14.2. The molecule has 2 aliphatic heterocycles. The van der Waals surface area contributed by atoms with Crippen molar-refractivity contribution in [2.24, 2.45) is 0 Å². The maximum absolute atomic E-state index is 12.5. The minimum atomic E-state index is -0.296. The summed E-state index contributed by atoms with van der Waals surface area (Å²) in [5, 5.41) is 3.21. The number of morpholine rings is 1. The molecule has 0 aromatic heterocycles. The number of nitrogens with zero attached hydrogens (tertiary/aromatic N) is 1. The molecule has 22 heavy (non-hydrogen) atoms. The molecular weight excluding hydrogens is 284 g/mol. The monoisotopic (exact) mass is 306 g/mol. The Balaban J connectivity index is 1.58. The van der Waals surface area contributed by atoms with Crippen LogP contribution in [0.15, 0.2) is 24.3 Å². The fraction of sp³-hybridized carbons (Fsp3) is 0.562. The average molecular weight is 306 g/mol. The minimum absolute atomic E-state index is 0.0228. The molecule has 120 valence electrons. The van der Waals surface area contributed by atoms with Crippen molar-refractivity contribution < 1.29 is 19.0 Å². The van der Waals surface area contributed by atoms with E-state index in [1.54, 1.807) is 11.9 Å². The van der Waals surface area contributed by atoms with Crippen LogP contribution in [0.5, 0.6) is 11.5 Å². The van der Waals surface area contributed by atoms with E-state index in [0.717, 1.165) is 11.5 Å². The Hall–Kier alpha value is -1.79. The van der Waals surface area contributed by atoms with Gasteiger partial charge in [-0.05, 0) is 19.1 Å². The predicted molar refractivity (Wildman–Crippen MR) is 81.2 cm³/mol. The van der Waals surface area contributed by atoms with Gasteiger partial charge in [0, 0.05) is 13.6 Å². The Morgan fingerprint density at radius 2 is 2.14 bits per heavy atom. The predicted octanol–water partition coefficient (Wildman–Crippen LogP) is 0.662. The molecule has 3 atom stereocenters. The molecule has 1 amide bonds. The fourth-order valence-electron chi connectivity index (χ4n) is 2.80. The van der Waals surface area contributed by atoms with Gasteiger partial charge in [0.1, 0.15) is 12.6 Å². The maximum Gasteiger partial charge on any atom is 0.242 e. The summed E-state index contributed by atoms with van der Waals surface area (Å²) in [5.74, 6) is 1.51. The molecular formula is C16H22N2O4. The van der Waals surface area contributed by atoms with Crippen molar-refractivity contribution in [3.63, 3.8) is 0 Å². The second-order valence-corrected chi connectivity index (χ2v) is 5.72. The summed E-state index contributed by atoms with van der Waals surface area (Å²) in [7, 11) is 1.79. The molecule has 1 saturated heterocycles. The Labute approximate surface area is 130 Å². The highest BCUT2D eigenvalue weighted by Crippen LogP contribution is 2.30. The third-order valence-corrected chi connectivity index (χ3v) is 4.00. The van der Waals surface area contributed by atoms with Gasteiger partial charge in [0.2, 0.25) is 5.91 Å². The van der Waals surface area contributed by atoms with Gasteiger partial charge in [-0.1, -0.05) is 12.1 Å². The van der Waals surface area contributed by atoms with Gasteiger partial charge < -0.3 is 24.4 Å². The van der Waals surface area contributed by atoms with E-state index in [9.17, 15) is 4.79 Å². The number of hydrogen-bond donors (Lipinski definition) is 1. The molecule has 0 spiro atoms. The lowest BCUT2D eigenvalue weighted by molar-refractivity contribution is -0.139. The molecule has 1 unspecified atom stereocenters. The van der Waals surface area contributed by atoms with Crippen molar-refractivity contribution >= 4 is 5.91 Å². The molecule has 1 aromatic rings. The highest BCUT2D eigenvalue weighted by atomic mass is 16.6. The van der Waals surface area contributed by atoms with Gasteiger partial charge >= 0.3 is 0 Å². The number of fused-ring (bicyclic) bond motifs is 1. The van der Waals surface area contributed by atoms with Gasteiger partial charge in [0.05, 0.1) is 19.3 Å². The van der Waals surface area contributed by atoms with E-state index in [0.29, 0.717) is 26.3 Å². The molecule has 1 N–H and O–H groups in total. The third-order valence-electron chi connectivity index (χ3n) is 4.00. The van der Waals surface area contributed by atoms with E-state index in [2.05, 4.69) is 5.32 Å². The number of ether oxygens (including phenoxy) is 3. The van der Waals surface area contributed by atoms with Gasteiger partial charge in [-0.3, -0.25) is 4.79 Å². The number of hydrogen-bond acceptors (Lipinski definition) is 5. The number of carbonyl (C=O) groups is 1. The first-order valence-electron chi connectivity index (χ1n) is 7.63. The molecule has 3 rings (SSSR count). The molecule has 0 saturated carbocycles. The highest BCUT2D eigenvalue weighted by Gasteiger charge is 2.32. The average Bonchev–Trinajstić information content (AvgIpc) is 2.54. The van der Waals surface area contributed by atoms with Gasteiger partial charge in [0.25, 0.3) is 0 Å². The molecule has 0 radical (unpaired) electrons. The number of amides is 1. The van der Waals surface area contributed by atoms with Crippen LogP contribution in [0.3, 0.4) is 0 Å². The van der Waals surface area contributed by atoms with Gasteiger partial charge in [0.15, 0.2) is 17.6 Å². The molecule has 0 bridgehead atoms. The highest BCUT2D eigenvalue weighted by molar-refractivity contribution is 5.82. The van der Waals surface area contributed by atoms with Crippen LogP contribution in [0.2, 0.25) is 0 Å². The number of benzene rings is 1. The van der Waals surface area contributed by atoms with E-state index in [1.165, 1.54) is 0 Å². The van der Waals surface area contributed by atoms with E-state index >= 15 is 0 Å². The van der Waals surface area contributed by atoms with E-state index in [1.807, 2.05) is 31.2 Å². The van der Waals surface area contributed by atoms with Crippen LogP contribution >= 0.6 is 0 Å². The van der Waals surface area contributed by atoms with Crippen molar-refractivity contribution in [2.75, 3.05) is 33.4 Å². The molecule has 6 nitrogen and oxygen atoms in total. The van der Waals surface area contributed by atoms with Crippen LogP contribution in [0.1, 0.15) is 6.92 Å². The summed E-state index contributed by atoms with van der Waals surface area (Å²) >= 11 is 0. The largest absolute Gasteiger partial charge is 0.486 e. The summed E-state index contributed by atoms with van der Waals surface area (Å²) in [5.41, 5.74) is 0. The van der Waals surface area contributed by atoms with Crippen molar-refractivity contribution in [2.45, 2.75) is 25.2 Å². The quantitative estimate of drug-likeness (QED) is 0.889. The van der Waals surface area contributed by atoms with Gasteiger partial charge in [-0.2, -0.15) is 0 Å². The van der Waals surface area contributed by atoms with E-state index in [-0.39, 0.29) is 24.2 Å². The number of likely N-dealkylation sites (N-methyl/N-ethyl adjacent to an activating group) is 1. The summed E-state index contributed by atoms with van der Waals surface area (Å²) in [6.45, 7) is 4.19. The van der Waals surface area contributed by atoms with Crippen LogP contribution in [-0.4, -0.2) is 62.4 Å². The Morgan fingerprint density at radius 1 is 1.36 bits per heavy atom. The summed E-state index contributed by atoms with van der Waals surface area (Å²) in [6, 6.07) is 7.28. The van der Waals surface area contributed by atoms with Crippen LogP contribution in [-0.2, 0) is 9.53 Å². The first-order valence-corrected chi connectivity index (χ1v) is 7.63. The van der Waals surface area contributed by atoms with Crippen LogP contribution in [0, 0.1) is 0 Å². The molecule has 2 heterocycles. The minimum Gasteiger partial charge on any atom is -0.486 e. The van der Waals surface area contributed by atoms with Crippen molar-refractivity contribution in [3.05, 3.63) is 24.3 Å². The van der Waals surface area contributed by atoms with Crippen molar-refractivity contribution in [1.29, 1.82) is 0 Å². The van der Waals surface area contributed by atoms with E-state index < -0.39 is 0 Å². The zero-order valence-electron chi connectivity index (χ0n) is 13.0. The second-order valence-electron chi connectivity index (χ2n) is 5.72. The van der Waals surface area contributed by atoms with Crippen molar-refractivity contribution in [3.8, 4) is 11.5 Å². The summed E-state index contributed by atoms with van der Waals surface area (Å²) in [6.07, 6.45) is -0.281. The zero-order valence-corrected chi connectivity index (χ0v) is 13.0. The van der Waals surface area contributed by atoms with Gasteiger partial charge in [-0.25, -0.2) is 0 Å². The zero-order chi connectivity index (χ0) is 15.5. The SMILES string of the molecule is C[C@H]1OCCN[C@@H]1C(=O)N(C)CC1COc2ccccc2O1. The van der Waals surface area contributed by atoms with Gasteiger partial charge in [-0.15, -0.1) is 0 Å². The fourth-order valence-corrected chi connectivity index (χ4v) is 2.80. The number of nitrogens with one attached hydrogen (secondary N) is 1. The lowest BCUT2D eigenvalue weighted by Crippen LogP contribution is -2.57. The lowest BCUT2D eigenvalue weighted by Gasteiger charge is -2.34. The maximum atomic E-state index is 12.5. The molecule has 2 aliphatic rings. The number of carbonyl (C=O) groups excluding carboxylic acids is 1. The summed E-state index contributed by atoms with van der Waals surface area (Å²) < 4.78 is 17.1. The van der Waals surface area contributed by atoms with E-state index in [4.69, 9.17) is 14.2 Å². The molecule has 1 fully saturated rings. The van der Waals surface area contributed by atoms with Crippen molar-refractivity contribution in [1.82, 2.24) is 10.2 Å². The molecule has 1 aromatic carbocycles. The molecule has 6 heteroatoms. The Morgan fingerprint density at radius 3 is 2.91 bits per heavy atom. The number of rotatable bonds is 3. The van der Waals surface area contributed by atoms with Crippen LogP contribution in [0.25, 0.3) is 0 Å². The second kappa shape index (κ2) is 6.54.